The number of para-hydroxylation sites is 1. The molecule has 1 aliphatic rings. The summed E-state index contributed by atoms with van der Waals surface area (Å²) < 4.78 is 5.03. The third kappa shape index (κ3) is 3.08. The zero-order valence-electron chi connectivity index (χ0n) is 14.6. The van der Waals surface area contributed by atoms with Crippen molar-refractivity contribution in [2.24, 2.45) is 0 Å². The van der Waals surface area contributed by atoms with Gasteiger partial charge >= 0.3 is 5.69 Å². The molecular weight excluding hydrogens is 400 g/mol. The number of anilines is 2. The van der Waals surface area contributed by atoms with Crippen LogP contribution in [0.15, 0.2) is 70.5 Å². The summed E-state index contributed by atoms with van der Waals surface area (Å²) in [6.07, 6.45) is 0. The van der Waals surface area contributed by atoms with E-state index in [1.807, 2.05) is 30.3 Å². The summed E-state index contributed by atoms with van der Waals surface area (Å²) in [6, 6.07) is 17.0. The van der Waals surface area contributed by atoms with Crippen LogP contribution in [0.2, 0.25) is 5.02 Å². The number of nitrogens with zero attached hydrogens (tertiary/aromatic N) is 2. The molecule has 3 aromatic rings. The molecule has 8 heteroatoms. The van der Waals surface area contributed by atoms with Gasteiger partial charge in [-0.15, -0.1) is 0 Å². The van der Waals surface area contributed by atoms with Gasteiger partial charge in [-0.3, -0.25) is 19.8 Å². The SMILES string of the molecule is COc1ccc(C(=O)N2c3ccccc3Sc3ccc(Cl)cc32)cc1[N+](=O)[O-]. The van der Waals surface area contributed by atoms with E-state index in [-0.39, 0.29) is 22.9 Å². The molecule has 1 heterocycles. The Morgan fingerprint density at radius 1 is 1.07 bits per heavy atom. The second-order valence-electron chi connectivity index (χ2n) is 5.97. The van der Waals surface area contributed by atoms with Crippen LogP contribution in [0.4, 0.5) is 17.1 Å². The fourth-order valence-corrected chi connectivity index (χ4v) is 4.25. The number of carbonyl (C=O) groups excluding carboxylic acids is 1. The van der Waals surface area contributed by atoms with E-state index >= 15 is 0 Å². The van der Waals surface area contributed by atoms with Crippen molar-refractivity contribution in [2.75, 3.05) is 12.0 Å². The summed E-state index contributed by atoms with van der Waals surface area (Å²) in [4.78, 5) is 27.5. The van der Waals surface area contributed by atoms with E-state index in [0.717, 1.165) is 9.79 Å². The first-order chi connectivity index (χ1) is 13.5. The first kappa shape index (κ1) is 18.3. The molecule has 0 saturated heterocycles. The second kappa shape index (κ2) is 7.18. The maximum atomic E-state index is 13.4. The Morgan fingerprint density at radius 2 is 1.82 bits per heavy atom. The van der Waals surface area contributed by atoms with E-state index in [1.165, 1.54) is 25.3 Å². The predicted octanol–water partition coefficient (Wildman–Crippen LogP) is 5.70. The molecule has 0 aliphatic carbocycles. The van der Waals surface area contributed by atoms with Crippen molar-refractivity contribution >= 4 is 46.3 Å². The van der Waals surface area contributed by atoms with Crippen molar-refractivity contribution in [1.29, 1.82) is 0 Å². The molecule has 140 valence electrons. The Kier molecular flexibility index (Phi) is 4.70. The number of carbonyl (C=O) groups is 1. The molecule has 0 atom stereocenters. The summed E-state index contributed by atoms with van der Waals surface area (Å²) in [7, 11) is 1.35. The minimum atomic E-state index is -0.569. The standard InChI is InChI=1S/C20H13ClN2O4S/c1-27-17-8-6-12(10-15(17)23(25)26)20(24)22-14-4-2-3-5-18(14)28-19-9-7-13(21)11-16(19)22/h2-11H,1H3. The summed E-state index contributed by atoms with van der Waals surface area (Å²) in [5, 5.41) is 11.9. The molecule has 6 nitrogen and oxygen atoms in total. The molecule has 0 unspecified atom stereocenters. The van der Waals surface area contributed by atoms with E-state index in [4.69, 9.17) is 16.3 Å². The number of rotatable bonds is 3. The monoisotopic (exact) mass is 412 g/mol. The number of nitro groups is 1. The zero-order valence-corrected chi connectivity index (χ0v) is 16.2. The number of benzene rings is 3. The summed E-state index contributed by atoms with van der Waals surface area (Å²) in [5.41, 5.74) is 1.25. The number of methoxy groups -OCH3 is 1. The molecule has 0 N–H and O–H groups in total. The van der Waals surface area contributed by atoms with Crippen LogP contribution in [-0.4, -0.2) is 17.9 Å². The van der Waals surface area contributed by atoms with Gasteiger partial charge in [0.25, 0.3) is 5.91 Å². The highest BCUT2D eigenvalue weighted by atomic mass is 35.5. The molecule has 0 saturated carbocycles. The third-order valence-electron chi connectivity index (χ3n) is 4.31. The Morgan fingerprint density at radius 3 is 2.57 bits per heavy atom. The molecule has 4 rings (SSSR count). The summed E-state index contributed by atoms with van der Waals surface area (Å²) >= 11 is 7.71. The average Bonchev–Trinajstić information content (AvgIpc) is 2.71. The molecule has 0 aromatic heterocycles. The van der Waals surface area contributed by atoms with Gasteiger partial charge in [0.15, 0.2) is 5.75 Å². The number of hydrogen-bond donors (Lipinski definition) is 0. The lowest BCUT2D eigenvalue weighted by Gasteiger charge is -2.31. The number of nitro benzene ring substituents is 1. The van der Waals surface area contributed by atoms with E-state index in [2.05, 4.69) is 0 Å². The summed E-state index contributed by atoms with van der Waals surface area (Å²) in [6.45, 7) is 0. The van der Waals surface area contributed by atoms with E-state index in [1.54, 1.807) is 28.8 Å². The predicted molar refractivity (Wildman–Crippen MR) is 108 cm³/mol. The maximum absolute atomic E-state index is 13.4. The molecule has 0 fully saturated rings. The molecule has 1 amide bonds. The largest absolute Gasteiger partial charge is 0.490 e. The normalized spacial score (nSPS) is 12.1. The molecule has 1 aliphatic heterocycles. The lowest BCUT2D eigenvalue weighted by Crippen LogP contribution is -2.28. The Balaban J connectivity index is 1.87. The van der Waals surface area contributed by atoms with Crippen molar-refractivity contribution in [3.05, 3.63) is 81.4 Å². The van der Waals surface area contributed by atoms with E-state index in [9.17, 15) is 14.9 Å². The Labute approximate surface area is 169 Å². The van der Waals surface area contributed by atoms with Crippen LogP contribution >= 0.6 is 23.4 Å². The highest BCUT2D eigenvalue weighted by Gasteiger charge is 2.30. The average molecular weight is 413 g/mol. The van der Waals surface area contributed by atoms with Crippen molar-refractivity contribution in [1.82, 2.24) is 0 Å². The Bertz CT molecular complexity index is 1120. The maximum Gasteiger partial charge on any atom is 0.311 e. The second-order valence-corrected chi connectivity index (χ2v) is 7.49. The lowest BCUT2D eigenvalue weighted by atomic mass is 10.1. The van der Waals surface area contributed by atoms with Crippen LogP contribution < -0.4 is 9.64 Å². The van der Waals surface area contributed by atoms with Gasteiger partial charge in [0, 0.05) is 26.4 Å². The molecule has 28 heavy (non-hydrogen) atoms. The lowest BCUT2D eigenvalue weighted by molar-refractivity contribution is -0.385. The highest BCUT2D eigenvalue weighted by molar-refractivity contribution is 7.99. The number of hydrogen-bond acceptors (Lipinski definition) is 5. The Hall–Kier alpha value is -3.03. The van der Waals surface area contributed by atoms with Crippen molar-refractivity contribution < 1.29 is 14.5 Å². The van der Waals surface area contributed by atoms with Gasteiger partial charge in [0.2, 0.25) is 0 Å². The molecule has 0 bridgehead atoms. The topological polar surface area (TPSA) is 72.7 Å². The van der Waals surface area contributed by atoms with Gasteiger partial charge in [-0.1, -0.05) is 35.5 Å². The van der Waals surface area contributed by atoms with Gasteiger partial charge in [0.1, 0.15) is 0 Å². The van der Waals surface area contributed by atoms with Crippen LogP contribution in [0.1, 0.15) is 10.4 Å². The number of fused-ring (bicyclic) bond motifs is 2. The summed E-state index contributed by atoms with van der Waals surface area (Å²) in [5.74, 6) is -0.290. The van der Waals surface area contributed by atoms with Gasteiger partial charge in [-0.05, 0) is 42.5 Å². The first-order valence-electron chi connectivity index (χ1n) is 8.23. The zero-order chi connectivity index (χ0) is 19.8. The van der Waals surface area contributed by atoms with Gasteiger partial charge in [0.05, 0.1) is 23.4 Å². The van der Waals surface area contributed by atoms with Crippen LogP contribution in [0, 0.1) is 10.1 Å². The van der Waals surface area contributed by atoms with Crippen LogP contribution in [0.5, 0.6) is 5.75 Å². The van der Waals surface area contributed by atoms with Crippen LogP contribution in [0.3, 0.4) is 0 Å². The highest BCUT2D eigenvalue weighted by Crippen LogP contribution is 2.49. The van der Waals surface area contributed by atoms with Gasteiger partial charge in [-0.25, -0.2) is 0 Å². The van der Waals surface area contributed by atoms with Gasteiger partial charge < -0.3 is 4.74 Å². The number of amides is 1. The van der Waals surface area contributed by atoms with Crippen molar-refractivity contribution in [2.45, 2.75) is 9.79 Å². The molecular formula is C20H13ClN2O4S. The number of halogens is 1. The van der Waals surface area contributed by atoms with Crippen LogP contribution in [-0.2, 0) is 0 Å². The molecule has 3 aromatic carbocycles. The van der Waals surface area contributed by atoms with Crippen LogP contribution in [0.25, 0.3) is 0 Å². The fourth-order valence-electron chi connectivity index (χ4n) is 3.04. The minimum absolute atomic E-state index is 0.0968. The quantitative estimate of drug-likeness (QED) is 0.407. The first-order valence-corrected chi connectivity index (χ1v) is 9.42. The fraction of sp³-hybridized carbons (Fsp3) is 0.0500. The van der Waals surface area contributed by atoms with Crippen molar-refractivity contribution in [3.8, 4) is 5.75 Å². The number of ether oxygens (including phenoxy) is 1. The third-order valence-corrected chi connectivity index (χ3v) is 5.68. The van der Waals surface area contributed by atoms with Gasteiger partial charge in [-0.2, -0.15) is 0 Å². The van der Waals surface area contributed by atoms with E-state index < -0.39 is 4.92 Å². The smallest absolute Gasteiger partial charge is 0.311 e. The van der Waals surface area contributed by atoms with E-state index in [0.29, 0.717) is 16.4 Å². The van der Waals surface area contributed by atoms with Crippen molar-refractivity contribution in [3.63, 3.8) is 0 Å². The molecule has 0 spiro atoms. The minimum Gasteiger partial charge on any atom is -0.490 e. The molecule has 0 radical (unpaired) electrons.